The van der Waals surface area contributed by atoms with E-state index in [1.165, 1.54) is 27.6 Å². The second-order valence-electron chi connectivity index (χ2n) is 6.89. The van der Waals surface area contributed by atoms with Crippen LogP contribution in [0.1, 0.15) is 18.1 Å². The fraction of sp³-hybridized carbons (Fsp3) is 0.421. The van der Waals surface area contributed by atoms with Gasteiger partial charge in [0.05, 0.1) is 6.04 Å². The van der Waals surface area contributed by atoms with E-state index in [2.05, 4.69) is 52.7 Å². The lowest BCUT2D eigenvalue weighted by Crippen LogP contribution is -2.52. The lowest BCUT2D eigenvalue weighted by molar-refractivity contribution is 0.200. The predicted octanol–water partition coefficient (Wildman–Crippen LogP) is 2.45. The van der Waals surface area contributed by atoms with Gasteiger partial charge < -0.3 is 15.2 Å². The van der Waals surface area contributed by atoms with Crippen molar-refractivity contribution >= 4 is 22.5 Å². The summed E-state index contributed by atoms with van der Waals surface area (Å²) >= 11 is 0. The molecule has 5 nitrogen and oxygen atoms in total. The summed E-state index contributed by atoms with van der Waals surface area (Å²) in [5.41, 5.74) is 5.23. The van der Waals surface area contributed by atoms with Gasteiger partial charge in [-0.2, -0.15) is 0 Å². The lowest BCUT2D eigenvalue weighted by atomic mass is 9.81. The van der Waals surface area contributed by atoms with Crippen molar-refractivity contribution in [3.05, 3.63) is 41.6 Å². The number of nitrogens with zero attached hydrogens (tertiary/aromatic N) is 2. The molecule has 2 unspecified atom stereocenters. The smallest absolute Gasteiger partial charge is 0.317 e. The Morgan fingerprint density at radius 2 is 2.29 bits per heavy atom. The minimum atomic E-state index is -0.0115. The lowest BCUT2D eigenvalue weighted by Gasteiger charge is -2.40. The number of aromatic nitrogens is 1. The van der Waals surface area contributed by atoms with Crippen LogP contribution < -0.4 is 5.32 Å². The minimum absolute atomic E-state index is 0.0115. The maximum Gasteiger partial charge on any atom is 0.317 e. The number of rotatable bonds is 2. The molecule has 1 aromatic carbocycles. The molecule has 0 radical (unpaired) electrons. The van der Waals surface area contributed by atoms with E-state index < -0.39 is 0 Å². The van der Waals surface area contributed by atoms with Crippen molar-refractivity contribution < 1.29 is 4.79 Å². The van der Waals surface area contributed by atoms with Crippen LogP contribution in [-0.2, 0) is 6.42 Å². The van der Waals surface area contributed by atoms with Crippen LogP contribution in [0.3, 0.4) is 0 Å². The fourth-order valence-electron chi connectivity index (χ4n) is 3.96. The Morgan fingerprint density at radius 3 is 3.08 bits per heavy atom. The molecule has 4 rings (SSSR count). The zero-order chi connectivity index (χ0) is 16.8. The molecule has 1 aromatic heterocycles. The van der Waals surface area contributed by atoms with Gasteiger partial charge in [-0.25, -0.2) is 4.79 Å². The zero-order valence-electron chi connectivity index (χ0n) is 14.5. The summed E-state index contributed by atoms with van der Waals surface area (Å²) < 4.78 is 0. The molecule has 2 amide bonds. The van der Waals surface area contributed by atoms with Crippen LogP contribution in [0.4, 0.5) is 4.79 Å². The molecule has 126 valence electrons. The van der Waals surface area contributed by atoms with Gasteiger partial charge in [-0.3, -0.25) is 4.90 Å². The van der Waals surface area contributed by atoms with Crippen LogP contribution in [0.5, 0.6) is 0 Å². The Kier molecular flexibility index (Phi) is 3.61. The first-order chi connectivity index (χ1) is 11.6. The maximum absolute atomic E-state index is 12.2. The third-order valence-electron chi connectivity index (χ3n) is 5.40. The largest absolute Gasteiger partial charge is 0.361 e. The first-order valence-corrected chi connectivity index (χ1v) is 8.61. The van der Waals surface area contributed by atoms with Gasteiger partial charge in [-0.1, -0.05) is 18.2 Å². The number of hydrogen-bond donors (Lipinski definition) is 2. The predicted molar refractivity (Wildman–Crippen MR) is 97.0 cm³/mol. The molecule has 0 saturated carbocycles. The summed E-state index contributed by atoms with van der Waals surface area (Å²) in [5, 5.41) is 4.48. The van der Waals surface area contributed by atoms with Gasteiger partial charge in [0.2, 0.25) is 0 Å². The summed E-state index contributed by atoms with van der Waals surface area (Å²) in [6.45, 7) is 3.53. The Balaban J connectivity index is 1.72. The number of hydrogen-bond acceptors (Lipinski definition) is 2. The van der Waals surface area contributed by atoms with E-state index in [0.717, 1.165) is 13.0 Å². The number of likely N-dealkylation sites (N-methyl/N-ethyl adjacent to an activating group) is 1. The second-order valence-corrected chi connectivity index (χ2v) is 6.89. The highest BCUT2D eigenvalue weighted by molar-refractivity contribution is 5.98. The third-order valence-corrected chi connectivity index (χ3v) is 5.40. The molecule has 2 aromatic rings. The second kappa shape index (κ2) is 5.67. The maximum atomic E-state index is 12.2. The highest BCUT2D eigenvalue weighted by Gasteiger charge is 2.34. The molecule has 2 heterocycles. The first kappa shape index (κ1) is 15.3. The van der Waals surface area contributed by atoms with Gasteiger partial charge in [-0.05, 0) is 43.2 Å². The monoisotopic (exact) mass is 324 g/mol. The van der Waals surface area contributed by atoms with Crippen molar-refractivity contribution in [2.75, 3.05) is 27.2 Å². The molecule has 2 N–H and O–H groups in total. The van der Waals surface area contributed by atoms with Gasteiger partial charge in [-0.15, -0.1) is 0 Å². The van der Waals surface area contributed by atoms with Crippen molar-refractivity contribution in [1.29, 1.82) is 0 Å². The van der Waals surface area contributed by atoms with Crippen molar-refractivity contribution in [1.82, 2.24) is 20.1 Å². The number of fused-ring (bicyclic) bond motifs is 2. The molecule has 1 aliphatic carbocycles. The normalized spacial score (nSPS) is 22.9. The summed E-state index contributed by atoms with van der Waals surface area (Å²) in [5.74, 6) is 0. The number of carbonyl (C=O) groups is 1. The number of nitrogens with one attached hydrogen (secondary N) is 2. The first-order valence-electron chi connectivity index (χ1n) is 8.61. The summed E-state index contributed by atoms with van der Waals surface area (Å²) in [6, 6.07) is 6.85. The molecular weight excluding hydrogens is 300 g/mol. The molecule has 0 bridgehead atoms. The number of carbonyl (C=O) groups excluding carboxylic acids is 1. The van der Waals surface area contributed by atoms with Gasteiger partial charge in [0.1, 0.15) is 0 Å². The van der Waals surface area contributed by atoms with Crippen LogP contribution >= 0.6 is 0 Å². The van der Waals surface area contributed by atoms with E-state index >= 15 is 0 Å². The van der Waals surface area contributed by atoms with Crippen molar-refractivity contribution in [3.8, 4) is 0 Å². The highest BCUT2D eigenvalue weighted by atomic mass is 16.2. The highest BCUT2D eigenvalue weighted by Crippen LogP contribution is 2.39. The number of amides is 2. The van der Waals surface area contributed by atoms with E-state index in [-0.39, 0.29) is 12.1 Å². The van der Waals surface area contributed by atoms with Gasteiger partial charge in [0, 0.05) is 43.3 Å². The van der Waals surface area contributed by atoms with Crippen molar-refractivity contribution in [2.24, 2.45) is 0 Å². The summed E-state index contributed by atoms with van der Waals surface area (Å²) in [4.78, 5) is 19.7. The van der Waals surface area contributed by atoms with E-state index in [1.54, 1.807) is 4.90 Å². The van der Waals surface area contributed by atoms with Crippen molar-refractivity contribution in [3.63, 3.8) is 0 Å². The van der Waals surface area contributed by atoms with Crippen LogP contribution in [0.25, 0.3) is 16.5 Å². The molecule has 24 heavy (non-hydrogen) atoms. The molecule has 5 heteroatoms. The fourth-order valence-corrected chi connectivity index (χ4v) is 3.96. The minimum Gasteiger partial charge on any atom is -0.361 e. The standard InChI is InChI=1S/C19H24N4O/c1-4-22(2)19(24)21-13-9-15-14-6-5-7-16-18(14)12(10-20-16)8-17(15)23(3)11-13/h5-7,9-10,13,17,20H,4,8,11H2,1-3H3,(H,21,24). The van der Waals surface area contributed by atoms with E-state index in [1.807, 2.05) is 14.0 Å². The van der Waals surface area contributed by atoms with Crippen LogP contribution in [0.15, 0.2) is 30.5 Å². The third kappa shape index (κ3) is 2.31. The molecule has 2 aliphatic rings. The topological polar surface area (TPSA) is 51.4 Å². The van der Waals surface area contributed by atoms with Crippen LogP contribution in [-0.4, -0.2) is 60.1 Å². The number of aromatic amines is 1. The molecule has 2 atom stereocenters. The van der Waals surface area contributed by atoms with E-state index in [9.17, 15) is 4.79 Å². The number of H-pyrrole nitrogens is 1. The van der Waals surface area contributed by atoms with E-state index in [0.29, 0.717) is 12.6 Å². The quantitative estimate of drug-likeness (QED) is 0.891. The van der Waals surface area contributed by atoms with Gasteiger partial charge in [0.25, 0.3) is 0 Å². The number of benzene rings is 1. The zero-order valence-corrected chi connectivity index (χ0v) is 14.5. The van der Waals surface area contributed by atoms with E-state index in [4.69, 9.17) is 0 Å². The Labute approximate surface area is 142 Å². The van der Waals surface area contributed by atoms with Crippen LogP contribution in [0.2, 0.25) is 0 Å². The number of urea groups is 1. The molecular formula is C19H24N4O. The van der Waals surface area contributed by atoms with Crippen molar-refractivity contribution in [2.45, 2.75) is 25.4 Å². The molecule has 1 aliphatic heterocycles. The molecule has 0 fully saturated rings. The Morgan fingerprint density at radius 1 is 1.46 bits per heavy atom. The average molecular weight is 324 g/mol. The molecule has 0 spiro atoms. The summed E-state index contributed by atoms with van der Waals surface area (Å²) in [6.07, 6.45) is 5.43. The van der Waals surface area contributed by atoms with Gasteiger partial charge in [0.15, 0.2) is 0 Å². The Hall–Kier alpha value is -2.27. The summed E-state index contributed by atoms with van der Waals surface area (Å²) in [7, 11) is 3.98. The average Bonchev–Trinajstić information content (AvgIpc) is 3.00. The van der Waals surface area contributed by atoms with Crippen LogP contribution in [0, 0.1) is 0 Å². The Bertz CT molecular complexity index is 822. The molecule has 0 saturated heterocycles. The SMILES string of the molecule is CCN(C)C(=O)NC1C=C2c3cccc4[nH]cc(c34)CC2N(C)C1. The van der Waals surface area contributed by atoms with Gasteiger partial charge >= 0.3 is 6.03 Å².